The summed E-state index contributed by atoms with van der Waals surface area (Å²) in [5.74, 6) is 0.291. The molecule has 0 aliphatic heterocycles. The van der Waals surface area contributed by atoms with Crippen LogP contribution in [0, 0.1) is 0 Å². The first kappa shape index (κ1) is 18.4. The Hall–Kier alpha value is -2.38. The molecule has 0 amide bonds. The summed E-state index contributed by atoms with van der Waals surface area (Å²) in [6.45, 7) is 0. The number of aromatic nitrogens is 2. The van der Waals surface area contributed by atoms with Crippen LogP contribution in [-0.4, -0.2) is 17.1 Å². The second kappa shape index (κ2) is 7.09. The molecule has 0 aliphatic carbocycles. The van der Waals surface area contributed by atoms with Crippen molar-refractivity contribution >= 4 is 23.2 Å². The van der Waals surface area contributed by atoms with Crippen molar-refractivity contribution in [3.05, 3.63) is 64.3 Å². The molecule has 0 fully saturated rings. The van der Waals surface area contributed by atoms with Gasteiger partial charge in [-0.2, -0.15) is 13.2 Å². The van der Waals surface area contributed by atoms with Crippen LogP contribution in [0.4, 0.5) is 13.2 Å². The number of halogens is 5. The van der Waals surface area contributed by atoms with Gasteiger partial charge in [-0.3, -0.25) is 0 Å². The lowest BCUT2D eigenvalue weighted by Crippen LogP contribution is -2.05. The van der Waals surface area contributed by atoms with E-state index in [4.69, 9.17) is 32.8 Å². The zero-order chi connectivity index (χ0) is 18.9. The van der Waals surface area contributed by atoms with E-state index in [-0.39, 0.29) is 15.8 Å². The van der Waals surface area contributed by atoms with Crippen LogP contribution in [0.5, 0.6) is 11.5 Å². The van der Waals surface area contributed by atoms with Crippen LogP contribution in [0.2, 0.25) is 10.0 Å². The Morgan fingerprint density at radius 3 is 2.31 bits per heavy atom. The normalized spacial score (nSPS) is 11.5. The van der Waals surface area contributed by atoms with Crippen molar-refractivity contribution in [2.45, 2.75) is 6.18 Å². The molecule has 0 aliphatic rings. The minimum Gasteiger partial charge on any atom is -0.454 e. The molecule has 1 aromatic heterocycles. The summed E-state index contributed by atoms with van der Waals surface area (Å²) < 4.78 is 44.0. The van der Waals surface area contributed by atoms with Gasteiger partial charge in [0.1, 0.15) is 12.9 Å². The van der Waals surface area contributed by atoms with Crippen molar-refractivity contribution in [3.63, 3.8) is 0 Å². The zero-order valence-corrected chi connectivity index (χ0v) is 14.7. The fraction of sp³-hybridized carbons (Fsp3) is 0.118. The van der Waals surface area contributed by atoms with Gasteiger partial charge in [0.2, 0.25) is 0 Å². The maximum absolute atomic E-state index is 12.8. The predicted octanol–water partition coefficient (Wildman–Crippen LogP) is 5.73. The average Bonchev–Trinajstić information content (AvgIpc) is 3.06. The second-order valence-corrected chi connectivity index (χ2v) is 6.00. The van der Waals surface area contributed by atoms with Gasteiger partial charge in [0.15, 0.2) is 5.75 Å². The molecule has 0 N–H and O–H groups in total. The molecule has 0 saturated carbocycles. The van der Waals surface area contributed by atoms with E-state index in [1.807, 2.05) is 0 Å². The van der Waals surface area contributed by atoms with E-state index < -0.39 is 11.7 Å². The summed E-state index contributed by atoms with van der Waals surface area (Å²) >= 11 is 11.9. The quantitative estimate of drug-likeness (QED) is 0.559. The van der Waals surface area contributed by atoms with Gasteiger partial charge >= 0.3 is 6.18 Å². The van der Waals surface area contributed by atoms with E-state index in [9.17, 15) is 13.2 Å². The van der Waals surface area contributed by atoms with Crippen LogP contribution in [0.15, 0.2) is 48.7 Å². The summed E-state index contributed by atoms with van der Waals surface area (Å²) in [4.78, 5) is 6.24. The monoisotopic (exact) mass is 402 g/mol. The first-order chi connectivity index (χ1) is 12.3. The topological polar surface area (TPSA) is 36.3 Å². The highest BCUT2D eigenvalue weighted by Crippen LogP contribution is 2.42. The van der Waals surface area contributed by atoms with Crippen LogP contribution in [0.25, 0.3) is 11.3 Å². The van der Waals surface area contributed by atoms with E-state index in [0.29, 0.717) is 11.4 Å². The average molecular weight is 403 g/mol. The highest BCUT2D eigenvalue weighted by molar-refractivity contribution is 6.37. The Morgan fingerprint density at radius 1 is 1.04 bits per heavy atom. The van der Waals surface area contributed by atoms with Crippen molar-refractivity contribution in [3.8, 4) is 22.8 Å². The molecule has 3 rings (SSSR count). The molecule has 9 heteroatoms. The lowest BCUT2D eigenvalue weighted by atomic mass is 10.1. The molecule has 0 atom stereocenters. The van der Waals surface area contributed by atoms with Crippen LogP contribution < -0.4 is 9.57 Å². The smallest absolute Gasteiger partial charge is 0.416 e. The summed E-state index contributed by atoms with van der Waals surface area (Å²) in [5.41, 5.74) is 0.401. The summed E-state index contributed by atoms with van der Waals surface area (Å²) in [5, 5.41) is 3.71. The van der Waals surface area contributed by atoms with Gasteiger partial charge in [-0.25, -0.2) is 0 Å². The maximum Gasteiger partial charge on any atom is 0.416 e. The number of rotatable bonds is 4. The minimum absolute atomic E-state index is 0.0547. The third-order valence-corrected chi connectivity index (χ3v) is 3.99. The fourth-order valence-electron chi connectivity index (χ4n) is 2.22. The van der Waals surface area contributed by atoms with Crippen molar-refractivity contribution in [2.75, 3.05) is 7.11 Å². The molecule has 0 unspecified atom stereocenters. The molecule has 4 nitrogen and oxygen atoms in total. The van der Waals surface area contributed by atoms with Gasteiger partial charge in [0.25, 0.3) is 0 Å². The molecule has 0 bridgehead atoms. The standard InChI is InChI=1S/C17H11Cl2F3N2O2/c1-25-24-6-5-15(23-24)10-3-2-4-12(7-10)26-16-13(18)8-11(9-14(16)19)17(20,21)22/h2-9H,1H3. The van der Waals surface area contributed by atoms with Crippen molar-refractivity contribution in [2.24, 2.45) is 0 Å². The Morgan fingerprint density at radius 2 is 1.73 bits per heavy atom. The van der Waals surface area contributed by atoms with Crippen LogP contribution >= 0.6 is 23.2 Å². The lowest BCUT2D eigenvalue weighted by Gasteiger charge is -2.13. The Bertz CT molecular complexity index is 919. The highest BCUT2D eigenvalue weighted by Gasteiger charge is 2.32. The molecular weight excluding hydrogens is 392 g/mol. The molecule has 0 saturated heterocycles. The SMILES string of the molecule is COn1ccc(-c2cccc(Oc3c(Cl)cc(C(F)(F)F)cc3Cl)c2)n1. The van der Waals surface area contributed by atoms with Crippen molar-refractivity contribution < 1.29 is 22.7 Å². The lowest BCUT2D eigenvalue weighted by molar-refractivity contribution is -0.137. The fourth-order valence-corrected chi connectivity index (χ4v) is 2.78. The maximum atomic E-state index is 12.8. The molecule has 2 aromatic carbocycles. The van der Waals surface area contributed by atoms with Gasteiger partial charge in [-0.05, 0) is 30.3 Å². The predicted molar refractivity (Wildman–Crippen MR) is 91.7 cm³/mol. The van der Waals surface area contributed by atoms with E-state index in [1.54, 1.807) is 36.5 Å². The number of hydrogen-bond donors (Lipinski definition) is 0. The van der Waals surface area contributed by atoms with Gasteiger partial charge in [-0.15, -0.1) is 9.94 Å². The number of nitrogens with zero attached hydrogens (tertiary/aromatic N) is 2. The summed E-state index contributed by atoms with van der Waals surface area (Å²) in [6, 6.07) is 10.1. The van der Waals surface area contributed by atoms with E-state index >= 15 is 0 Å². The van der Waals surface area contributed by atoms with E-state index in [0.717, 1.165) is 17.7 Å². The molecular formula is C17H11Cl2F3N2O2. The third kappa shape index (κ3) is 3.89. The number of alkyl halides is 3. The first-order valence-corrected chi connectivity index (χ1v) is 7.98. The summed E-state index contributed by atoms with van der Waals surface area (Å²) in [6.07, 6.45) is -2.92. The number of benzene rings is 2. The first-order valence-electron chi connectivity index (χ1n) is 7.22. The molecule has 0 radical (unpaired) electrons. The second-order valence-electron chi connectivity index (χ2n) is 5.18. The number of hydrogen-bond acceptors (Lipinski definition) is 3. The molecule has 136 valence electrons. The van der Waals surface area contributed by atoms with Gasteiger partial charge in [0, 0.05) is 5.56 Å². The van der Waals surface area contributed by atoms with E-state index in [1.165, 1.54) is 12.0 Å². The Labute approximate surface area is 156 Å². The minimum atomic E-state index is -4.55. The Balaban J connectivity index is 1.91. The molecule has 3 aromatic rings. The Kier molecular flexibility index (Phi) is 5.02. The summed E-state index contributed by atoms with van der Waals surface area (Å²) in [7, 11) is 1.48. The molecule has 0 spiro atoms. The number of ether oxygens (including phenoxy) is 1. The van der Waals surface area contributed by atoms with Gasteiger partial charge in [0.05, 0.1) is 27.5 Å². The van der Waals surface area contributed by atoms with Crippen molar-refractivity contribution in [1.82, 2.24) is 9.94 Å². The van der Waals surface area contributed by atoms with E-state index in [2.05, 4.69) is 5.10 Å². The van der Waals surface area contributed by atoms with Crippen LogP contribution in [-0.2, 0) is 6.18 Å². The van der Waals surface area contributed by atoms with Crippen LogP contribution in [0.1, 0.15) is 5.56 Å². The molecule has 1 heterocycles. The molecule has 26 heavy (non-hydrogen) atoms. The van der Waals surface area contributed by atoms with Gasteiger partial charge in [-0.1, -0.05) is 35.3 Å². The third-order valence-electron chi connectivity index (χ3n) is 3.43. The zero-order valence-electron chi connectivity index (χ0n) is 13.2. The highest BCUT2D eigenvalue weighted by atomic mass is 35.5. The van der Waals surface area contributed by atoms with Gasteiger partial charge < -0.3 is 9.57 Å². The van der Waals surface area contributed by atoms with Crippen molar-refractivity contribution in [1.29, 1.82) is 0 Å². The largest absolute Gasteiger partial charge is 0.454 e. The van der Waals surface area contributed by atoms with Crippen LogP contribution in [0.3, 0.4) is 0 Å².